The number of benzene rings is 1. The van der Waals surface area contributed by atoms with Crippen molar-refractivity contribution in [1.82, 2.24) is 0 Å². The number of nitro groups is 2. The Hall–Kier alpha value is -2.38. The van der Waals surface area contributed by atoms with Crippen molar-refractivity contribution in [2.75, 3.05) is 36.0 Å². The molecule has 0 aliphatic carbocycles. The second kappa shape index (κ2) is 65.6. The second-order valence-corrected chi connectivity index (χ2v) is 27.5. The normalized spacial score (nSPS) is 11.6. The van der Waals surface area contributed by atoms with Crippen LogP contribution < -0.4 is 9.80 Å². The molecule has 0 unspecified atom stereocenters. The first-order valence-electron chi connectivity index (χ1n) is 39.4. The summed E-state index contributed by atoms with van der Waals surface area (Å²) in [6, 6.07) is 3.25. The Morgan fingerprint density at radius 1 is 0.221 bits per heavy atom. The molecule has 0 N–H and O–H groups in total. The SMILES string of the molecule is CCCCCCCCCCCCCCCCCCN(CCCCCCCCCCCCCCCCCC)c1cc(N(CCCCCCCCCCCCCCCCCC)CCCCCCCCCCCCCCCCCC)c([N+](=O)[O-])cc1[N+](=O)[O-]. The minimum atomic E-state index is -0.337. The smallest absolute Gasteiger partial charge is 0.299 e. The van der Waals surface area contributed by atoms with Gasteiger partial charge >= 0.3 is 0 Å². The summed E-state index contributed by atoms with van der Waals surface area (Å²) in [6.45, 7) is 12.2. The summed E-state index contributed by atoms with van der Waals surface area (Å²) in [7, 11) is 0. The first-order chi connectivity index (χ1) is 42.4. The minimum absolute atomic E-state index is 0.0989. The van der Waals surface area contributed by atoms with E-state index in [9.17, 15) is 20.2 Å². The van der Waals surface area contributed by atoms with Gasteiger partial charge in [0.25, 0.3) is 11.4 Å². The maximum atomic E-state index is 13.0. The summed E-state index contributed by atoms with van der Waals surface area (Å²) < 4.78 is 0. The van der Waals surface area contributed by atoms with Crippen molar-refractivity contribution in [2.45, 2.75) is 439 Å². The third-order valence-corrected chi connectivity index (χ3v) is 19.3. The molecule has 1 aromatic rings. The number of hydrogen-bond donors (Lipinski definition) is 0. The van der Waals surface area contributed by atoms with Crippen molar-refractivity contribution < 1.29 is 9.85 Å². The minimum Gasteiger partial charge on any atom is -0.366 e. The number of unbranched alkanes of at least 4 members (excludes halogenated alkanes) is 60. The molecule has 0 saturated heterocycles. The molecule has 506 valence electrons. The molecule has 8 nitrogen and oxygen atoms in total. The average molecular weight is 1210 g/mol. The average Bonchev–Trinajstić information content (AvgIpc) is 1.32. The Kier molecular flexibility index (Phi) is 62.2. The first-order valence-corrected chi connectivity index (χ1v) is 39.4. The van der Waals surface area contributed by atoms with Crippen molar-refractivity contribution in [3.05, 3.63) is 32.4 Å². The zero-order chi connectivity index (χ0) is 62.1. The fourth-order valence-corrected chi connectivity index (χ4v) is 13.5. The Bertz CT molecular complexity index is 1390. The van der Waals surface area contributed by atoms with Crippen molar-refractivity contribution in [3.8, 4) is 0 Å². The van der Waals surface area contributed by atoms with Crippen LogP contribution in [0, 0.1) is 20.2 Å². The molecule has 86 heavy (non-hydrogen) atoms. The van der Waals surface area contributed by atoms with Gasteiger partial charge in [-0.25, -0.2) is 0 Å². The molecular weight excluding hydrogens is 1060 g/mol. The fraction of sp³-hybridized carbons (Fsp3) is 0.923. The molecule has 1 rings (SSSR count). The van der Waals surface area contributed by atoms with E-state index >= 15 is 0 Å². The lowest BCUT2D eigenvalue weighted by Crippen LogP contribution is -2.29. The van der Waals surface area contributed by atoms with Gasteiger partial charge in [0.15, 0.2) is 0 Å². The van der Waals surface area contributed by atoms with Gasteiger partial charge in [-0.3, -0.25) is 20.2 Å². The number of nitrogens with zero attached hydrogens (tertiary/aromatic N) is 4. The van der Waals surface area contributed by atoms with Crippen molar-refractivity contribution >= 4 is 22.7 Å². The number of anilines is 2. The quantitative estimate of drug-likeness (QED) is 0.0366. The van der Waals surface area contributed by atoms with Crippen LogP contribution in [0.15, 0.2) is 12.1 Å². The van der Waals surface area contributed by atoms with Crippen LogP contribution in [0.25, 0.3) is 0 Å². The van der Waals surface area contributed by atoms with E-state index in [1.807, 2.05) is 6.07 Å². The van der Waals surface area contributed by atoms with E-state index in [4.69, 9.17) is 0 Å². The molecule has 1 aromatic carbocycles. The van der Waals surface area contributed by atoms with E-state index < -0.39 is 0 Å². The highest BCUT2D eigenvalue weighted by atomic mass is 16.6. The fourth-order valence-electron chi connectivity index (χ4n) is 13.5. The summed E-state index contributed by atoms with van der Waals surface area (Å²) in [4.78, 5) is 30.0. The molecule has 0 aliphatic rings. The molecule has 0 radical (unpaired) electrons. The standard InChI is InChI=1S/C78H150N4O4/c1-5-9-13-17-21-25-29-33-37-41-45-49-53-57-61-65-69-79(70-66-62-58-54-50-46-42-38-34-30-26-22-18-14-10-6-2)75-73-76(78(82(85)86)74-77(75)81(83)84)80(71-67-63-59-55-51-47-43-39-35-31-27-23-19-15-11-7-3)72-68-64-60-56-52-48-44-40-36-32-28-24-20-16-12-8-4/h73-74H,5-72H2,1-4H3. The molecule has 0 saturated carbocycles. The van der Waals surface area contributed by atoms with Gasteiger partial charge in [0.2, 0.25) is 0 Å². The number of nitro benzene ring substituents is 2. The maximum Gasteiger partial charge on any atom is 0.299 e. The van der Waals surface area contributed by atoms with Gasteiger partial charge in [-0.05, 0) is 31.7 Å². The summed E-state index contributed by atoms with van der Waals surface area (Å²) in [5, 5.41) is 26.1. The molecule has 0 heterocycles. The first kappa shape index (κ1) is 81.6. The summed E-state index contributed by atoms with van der Waals surface area (Å²) in [5.74, 6) is 0. The topological polar surface area (TPSA) is 92.8 Å². The summed E-state index contributed by atoms with van der Waals surface area (Å²) in [6.07, 6.45) is 84.1. The zero-order valence-electron chi connectivity index (χ0n) is 58.7. The largest absolute Gasteiger partial charge is 0.366 e. The van der Waals surface area contributed by atoms with Gasteiger partial charge in [-0.15, -0.1) is 0 Å². The van der Waals surface area contributed by atoms with Gasteiger partial charge in [-0.1, -0.05) is 413 Å². The van der Waals surface area contributed by atoms with Crippen LogP contribution in [0.5, 0.6) is 0 Å². The molecule has 8 heteroatoms. The Morgan fingerprint density at radius 2 is 0.349 bits per heavy atom. The lowest BCUT2D eigenvalue weighted by Gasteiger charge is -2.29. The molecular formula is C78H150N4O4. The van der Waals surface area contributed by atoms with Crippen molar-refractivity contribution in [3.63, 3.8) is 0 Å². The van der Waals surface area contributed by atoms with Crippen molar-refractivity contribution in [1.29, 1.82) is 0 Å². The molecule has 0 aliphatic heterocycles. The molecule has 0 aromatic heterocycles. The highest BCUT2D eigenvalue weighted by Crippen LogP contribution is 2.41. The van der Waals surface area contributed by atoms with E-state index in [1.165, 1.54) is 366 Å². The van der Waals surface area contributed by atoms with Gasteiger partial charge < -0.3 is 9.80 Å². The van der Waals surface area contributed by atoms with E-state index in [1.54, 1.807) is 0 Å². The second-order valence-electron chi connectivity index (χ2n) is 27.5. The monoisotopic (exact) mass is 1210 g/mol. The number of rotatable bonds is 72. The Balaban J connectivity index is 3.05. The summed E-state index contributed by atoms with van der Waals surface area (Å²) in [5.41, 5.74) is 0.999. The van der Waals surface area contributed by atoms with Crippen LogP contribution in [0.1, 0.15) is 439 Å². The molecule has 0 amide bonds. The van der Waals surface area contributed by atoms with E-state index in [0.29, 0.717) is 11.4 Å². The molecule has 0 spiro atoms. The van der Waals surface area contributed by atoms with Gasteiger partial charge in [-0.2, -0.15) is 0 Å². The summed E-state index contributed by atoms with van der Waals surface area (Å²) >= 11 is 0. The van der Waals surface area contributed by atoms with Crippen LogP contribution >= 0.6 is 0 Å². The lowest BCUT2D eigenvalue weighted by atomic mass is 10.0. The zero-order valence-corrected chi connectivity index (χ0v) is 58.7. The predicted molar refractivity (Wildman–Crippen MR) is 382 cm³/mol. The lowest BCUT2D eigenvalue weighted by molar-refractivity contribution is -0.393. The van der Waals surface area contributed by atoms with Crippen LogP contribution in [0.3, 0.4) is 0 Å². The van der Waals surface area contributed by atoms with Crippen LogP contribution in [0.2, 0.25) is 0 Å². The molecule has 0 fully saturated rings. The maximum absolute atomic E-state index is 13.0. The van der Waals surface area contributed by atoms with Crippen LogP contribution in [-0.2, 0) is 0 Å². The number of hydrogen-bond acceptors (Lipinski definition) is 6. The molecule has 0 bridgehead atoms. The van der Waals surface area contributed by atoms with Crippen molar-refractivity contribution in [2.24, 2.45) is 0 Å². The van der Waals surface area contributed by atoms with Gasteiger partial charge in [0, 0.05) is 26.2 Å². The Labute approximate surface area is 537 Å². The predicted octanol–water partition coefficient (Wildman–Crippen LogP) is 28.2. The third kappa shape index (κ3) is 51.4. The highest BCUT2D eigenvalue weighted by Gasteiger charge is 2.30. The van der Waals surface area contributed by atoms with Gasteiger partial charge in [0.1, 0.15) is 11.4 Å². The van der Waals surface area contributed by atoms with E-state index in [2.05, 4.69) is 37.5 Å². The van der Waals surface area contributed by atoms with E-state index in [-0.39, 0.29) is 21.2 Å². The van der Waals surface area contributed by atoms with Crippen LogP contribution in [-0.4, -0.2) is 36.0 Å². The third-order valence-electron chi connectivity index (χ3n) is 19.3. The molecule has 0 atom stereocenters. The van der Waals surface area contributed by atoms with Crippen LogP contribution in [0.4, 0.5) is 22.7 Å². The Morgan fingerprint density at radius 3 is 0.477 bits per heavy atom. The highest BCUT2D eigenvalue weighted by molar-refractivity contribution is 5.78. The van der Waals surface area contributed by atoms with Gasteiger partial charge in [0.05, 0.1) is 15.9 Å². The van der Waals surface area contributed by atoms with E-state index in [0.717, 1.165) is 77.5 Å².